The highest BCUT2D eigenvalue weighted by Gasteiger charge is 2.47. The molecule has 1 saturated heterocycles. The summed E-state index contributed by atoms with van der Waals surface area (Å²) in [4.78, 5) is 30.1. The van der Waals surface area contributed by atoms with E-state index in [4.69, 9.17) is 10.5 Å². The lowest BCUT2D eigenvalue weighted by molar-refractivity contribution is -0.138. The van der Waals surface area contributed by atoms with Gasteiger partial charge in [0.1, 0.15) is 23.3 Å². The fraction of sp³-hybridized carbons (Fsp3) is 0.324. The molecule has 0 bridgehead atoms. The lowest BCUT2D eigenvalue weighted by Crippen LogP contribution is -2.49. The Hall–Kier alpha value is -4.64. The maximum absolute atomic E-state index is 15.0. The summed E-state index contributed by atoms with van der Waals surface area (Å²) < 4.78 is 79.8. The molecule has 1 aromatic heterocycles. The summed E-state index contributed by atoms with van der Waals surface area (Å²) in [6.45, 7) is -0.418. The van der Waals surface area contributed by atoms with Crippen LogP contribution in [0.25, 0.3) is 0 Å². The topological polar surface area (TPSA) is 106 Å². The number of ether oxygens (including phenoxy) is 1. The molecular formula is C34H30F5N5O3. The zero-order chi connectivity index (χ0) is 33.5. The van der Waals surface area contributed by atoms with E-state index in [9.17, 15) is 32.4 Å². The lowest BCUT2D eigenvalue weighted by atomic mass is 9.85. The molecule has 8 nitrogen and oxygen atoms in total. The molecule has 2 aliphatic heterocycles. The molecule has 244 valence electrons. The maximum Gasteiger partial charge on any atom is 0.416 e. The first-order valence-electron chi connectivity index (χ1n) is 15.0. The van der Waals surface area contributed by atoms with E-state index in [0.717, 1.165) is 27.3 Å². The first kappa shape index (κ1) is 32.3. The number of nitriles is 1. The van der Waals surface area contributed by atoms with Gasteiger partial charge in [-0.15, -0.1) is 0 Å². The molecule has 1 atom stereocenters. The van der Waals surface area contributed by atoms with Gasteiger partial charge >= 0.3 is 11.9 Å². The van der Waals surface area contributed by atoms with Crippen LogP contribution in [0.15, 0.2) is 76.3 Å². The minimum Gasteiger partial charge on any atom is -0.364 e. The van der Waals surface area contributed by atoms with E-state index in [1.54, 1.807) is 42.5 Å². The summed E-state index contributed by atoms with van der Waals surface area (Å²) in [6, 6.07) is 16.9. The molecule has 0 radical (unpaired) electrons. The molecule has 1 unspecified atom stereocenters. The van der Waals surface area contributed by atoms with Crippen LogP contribution in [0, 0.1) is 23.0 Å². The van der Waals surface area contributed by atoms with E-state index in [2.05, 4.69) is 0 Å². The zero-order valence-electron chi connectivity index (χ0n) is 25.1. The molecule has 13 heteroatoms. The molecule has 0 aliphatic carbocycles. The molecule has 1 spiro atoms. The highest BCUT2D eigenvalue weighted by molar-refractivity contribution is 5.36. The number of piperidine rings is 1. The predicted molar refractivity (Wildman–Crippen MR) is 161 cm³/mol. The van der Waals surface area contributed by atoms with Crippen molar-refractivity contribution in [2.24, 2.45) is 5.73 Å². The van der Waals surface area contributed by atoms with Crippen LogP contribution in [0.3, 0.4) is 0 Å². The van der Waals surface area contributed by atoms with E-state index in [-0.39, 0.29) is 49.4 Å². The quantitative estimate of drug-likeness (QED) is 0.284. The molecule has 2 N–H and O–H groups in total. The number of hydrogen-bond acceptors (Lipinski definition) is 6. The maximum atomic E-state index is 15.0. The summed E-state index contributed by atoms with van der Waals surface area (Å²) in [5.41, 5.74) is 2.76. The number of fused-ring (bicyclic) bond motifs is 2. The van der Waals surface area contributed by atoms with Crippen molar-refractivity contribution in [3.63, 3.8) is 0 Å². The monoisotopic (exact) mass is 651 g/mol. The van der Waals surface area contributed by atoms with E-state index >= 15 is 4.39 Å². The molecule has 1 fully saturated rings. The van der Waals surface area contributed by atoms with Gasteiger partial charge in [-0.3, -0.25) is 18.8 Å². The lowest BCUT2D eigenvalue weighted by Gasteiger charge is -2.39. The minimum absolute atomic E-state index is 0.0696. The second-order valence-electron chi connectivity index (χ2n) is 11.8. The van der Waals surface area contributed by atoms with Gasteiger partial charge in [-0.25, -0.2) is 13.6 Å². The summed E-state index contributed by atoms with van der Waals surface area (Å²) in [7, 11) is 0. The Kier molecular flexibility index (Phi) is 8.61. The van der Waals surface area contributed by atoms with Crippen LogP contribution < -0.4 is 17.0 Å². The molecule has 4 aromatic rings. The second-order valence-corrected chi connectivity index (χ2v) is 11.8. The van der Waals surface area contributed by atoms with Gasteiger partial charge in [0.25, 0.3) is 5.56 Å². The van der Waals surface area contributed by atoms with Crippen molar-refractivity contribution >= 4 is 0 Å². The van der Waals surface area contributed by atoms with E-state index in [1.807, 2.05) is 11.0 Å². The van der Waals surface area contributed by atoms with Gasteiger partial charge in [0.2, 0.25) is 0 Å². The Labute approximate surface area is 266 Å². The average Bonchev–Trinajstić information content (AvgIpc) is 3.42. The molecule has 3 heterocycles. The van der Waals surface area contributed by atoms with Gasteiger partial charge in [0, 0.05) is 36.8 Å². The van der Waals surface area contributed by atoms with Crippen molar-refractivity contribution in [1.82, 2.24) is 14.0 Å². The van der Waals surface area contributed by atoms with Crippen molar-refractivity contribution in [1.29, 1.82) is 5.26 Å². The van der Waals surface area contributed by atoms with Gasteiger partial charge in [-0.05, 0) is 36.6 Å². The zero-order valence-corrected chi connectivity index (χ0v) is 25.1. The van der Waals surface area contributed by atoms with Crippen molar-refractivity contribution < 1.29 is 26.7 Å². The van der Waals surface area contributed by atoms with Crippen molar-refractivity contribution in [2.75, 3.05) is 13.1 Å². The third-order valence-corrected chi connectivity index (χ3v) is 9.08. The molecule has 2 aliphatic rings. The van der Waals surface area contributed by atoms with E-state index in [1.165, 1.54) is 6.07 Å². The van der Waals surface area contributed by atoms with Gasteiger partial charge in [0.15, 0.2) is 0 Å². The molecule has 47 heavy (non-hydrogen) atoms. The molecule has 6 rings (SSSR count). The number of nitrogens with zero attached hydrogens (tertiary/aromatic N) is 4. The number of benzene rings is 3. The van der Waals surface area contributed by atoms with E-state index < -0.39 is 58.4 Å². The van der Waals surface area contributed by atoms with Crippen LogP contribution in [-0.4, -0.2) is 27.1 Å². The van der Waals surface area contributed by atoms with Crippen molar-refractivity contribution in [2.45, 2.75) is 56.9 Å². The van der Waals surface area contributed by atoms with Crippen molar-refractivity contribution in [3.05, 3.63) is 138 Å². The molecular weight excluding hydrogens is 621 g/mol. The fourth-order valence-electron chi connectivity index (χ4n) is 6.59. The van der Waals surface area contributed by atoms with Crippen LogP contribution in [0.2, 0.25) is 0 Å². The van der Waals surface area contributed by atoms with Crippen LogP contribution in [0.4, 0.5) is 22.0 Å². The Morgan fingerprint density at radius 3 is 2.32 bits per heavy atom. The SMILES string of the molecule is N#Cc1cccc(CN2CCC3(CC2)OCc2c3c(=O)n(CC(N)c3ccccc3)c(=O)n2Cc2c(F)cccc2C(F)(F)F)c1F. The molecule has 0 amide bonds. The number of hydrogen-bond donors (Lipinski definition) is 1. The van der Waals surface area contributed by atoms with E-state index in [0.29, 0.717) is 24.2 Å². The van der Waals surface area contributed by atoms with Crippen LogP contribution in [-0.2, 0) is 42.8 Å². The van der Waals surface area contributed by atoms with Gasteiger partial charge in [-0.1, -0.05) is 48.5 Å². The smallest absolute Gasteiger partial charge is 0.364 e. The number of nitrogens with two attached hydrogens (primary N) is 1. The summed E-state index contributed by atoms with van der Waals surface area (Å²) >= 11 is 0. The normalized spacial score (nSPS) is 16.6. The Morgan fingerprint density at radius 2 is 1.64 bits per heavy atom. The van der Waals surface area contributed by atoms with Gasteiger partial charge in [0.05, 0.1) is 42.1 Å². The highest BCUT2D eigenvalue weighted by Crippen LogP contribution is 2.43. The van der Waals surface area contributed by atoms with Gasteiger partial charge in [-0.2, -0.15) is 18.4 Å². The van der Waals surface area contributed by atoms with Crippen LogP contribution in [0.1, 0.15) is 58.0 Å². The third-order valence-electron chi connectivity index (χ3n) is 9.08. The number of halogens is 5. The Morgan fingerprint density at radius 1 is 0.936 bits per heavy atom. The number of aromatic nitrogens is 2. The standard InChI is InChI=1S/C34H30F5N5O3/c35-26-11-5-10-25(34(37,38)39)24(26)18-43-28-20-47-33(12-14-42(15-13-33)17-23-9-4-8-22(16-40)30(23)36)29(28)31(45)44(32(43)46)19-27(41)21-6-2-1-3-7-21/h1-11,27H,12-15,17-20,41H2. The third kappa shape index (κ3) is 6.00. The highest BCUT2D eigenvalue weighted by atomic mass is 19.4. The van der Waals surface area contributed by atoms with Gasteiger partial charge < -0.3 is 10.5 Å². The van der Waals surface area contributed by atoms with Crippen LogP contribution >= 0.6 is 0 Å². The first-order chi connectivity index (χ1) is 22.4. The minimum atomic E-state index is -4.90. The first-order valence-corrected chi connectivity index (χ1v) is 15.0. The number of rotatable bonds is 7. The van der Waals surface area contributed by atoms with Crippen molar-refractivity contribution in [3.8, 4) is 6.07 Å². The fourth-order valence-corrected chi connectivity index (χ4v) is 6.59. The second kappa shape index (κ2) is 12.5. The average molecular weight is 652 g/mol. The number of likely N-dealkylation sites (tertiary alicyclic amines) is 1. The summed E-state index contributed by atoms with van der Waals surface area (Å²) in [6.07, 6.45) is -4.39. The Balaban J connectivity index is 1.41. The summed E-state index contributed by atoms with van der Waals surface area (Å²) in [5.74, 6) is -1.75. The molecule has 0 saturated carbocycles. The van der Waals surface area contributed by atoms with Crippen LogP contribution in [0.5, 0.6) is 0 Å². The molecule has 3 aromatic carbocycles. The largest absolute Gasteiger partial charge is 0.416 e. The Bertz CT molecular complexity index is 1980. The predicted octanol–water partition coefficient (Wildman–Crippen LogP) is 4.95. The summed E-state index contributed by atoms with van der Waals surface area (Å²) in [5, 5.41) is 9.19. The number of alkyl halides is 3.